The van der Waals surface area contributed by atoms with Crippen LogP contribution in [0.15, 0.2) is 30.5 Å². The van der Waals surface area contributed by atoms with E-state index < -0.39 is 0 Å². The van der Waals surface area contributed by atoms with Crippen molar-refractivity contribution >= 4 is 23.4 Å². The molecule has 1 fully saturated rings. The zero-order valence-corrected chi connectivity index (χ0v) is 14.9. The Bertz CT molecular complexity index is 768. The number of aromatic nitrogens is 3. The number of amides is 2. The fourth-order valence-electron chi connectivity index (χ4n) is 2.55. The van der Waals surface area contributed by atoms with Crippen molar-refractivity contribution in [1.29, 1.82) is 0 Å². The standard InChI is InChI=1S/C17H20ClN5O2/c1-22(2)15(24)10-23-9-14(20-21-23)17(25)19-16(11-3-4-11)12-5-7-13(18)8-6-12/h5-9,11,16H,3-4,10H2,1-2H3,(H,19,25). The van der Waals surface area contributed by atoms with Crippen LogP contribution in [0.1, 0.15) is 34.9 Å². The quantitative estimate of drug-likeness (QED) is 0.852. The number of benzene rings is 1. The van der Waals surface area contributed by atoms with Crippen LogP contribution in [0.4, 0.5) is 0 Å². The lowest BCUT2D eigenvalue weighted by Crippen LogP contribution is -2.30. The Morgan fingerprint density at radius 1 is 1.32 bits per heavy atom. The van der Waals surface area contributed by atoms with Gasteiger partial charge in [-0.15, -0.1) is 5.10 Å². The average molecular weight is 362 g/mol. The van der Waals surface area contributed by atoms with Crippen LogP contribution in [-0.4, -0.2) is 45.8 Å². The third-order valence-corrected chi connectivity index (χ3v) is 4.43. The number of nitrogens with one attached hydrogen (secondary N) is 1. The molecule has 0 aliphatic heterocycles. The lowest BCUT2D eigenvalue weighted by Gasteiger charge is -2.18. The van der Waals surface area contributed by atoms with Crippen molar-refractivity contribution in [2.24, 2.45) is 5.92 Å². The van der Waals surface area contributed by atoms with Crippen LogP contribution >= 0.6 is 11.6 Å². The number of hydrogen-bond donors (Lipinski definition) is 1. The molecule has 0 radical (unpaired) electrons. The summed E-state index contributed by atoms with van der Waals surface area (Å²) in [5, 5.41) is 11.4. The Balaban J connectivity index is 1.69. The van der Waals surface area contributed by atoms with Crippen molar-refractivity contribution in [3.8, 4) is 0 Å². The predicted octanol–water partition coefficient (Wildman–Crippen LogP) is 1.90. The van der Waals surface area contributed by atoms with Gasteiger partial charge in [-0.25, -0.2) is 4.68 Å². The Kier molecular flexibility index (Phi) is 5.03. The fourth-order valence-corrected chi connectivity index (χ4v) is 2.67. The van der Waals surface area contributed by atoms with E-state index in [0.717, 1.165) is 18.4 Å². The molecule has 132 valence electrons. The largest absolute Gasteiger partial charge is 0.347 e. The van der Waals surface area contributed by atoms with Crippen molar-refractivity contribution in [1.82, 2.24) is 25.2 Å². The van der Waals surface area contributed by atoms with Crippen LogP contribution < -0.4 is 5.32 Å². The second kappa shape index (κ2) is 7.23. The second-order valence-corrected chi connectivity index (χ2v) is 6.87. The van der Waals surface area contributed by atoms with Gasteiger partial charge in [0.15, 0.2) is 5.69 Å². The van der Waals surface area contributed by atoms with Crippen molar-refractivity contribution in [2.45, 2.75) is 25.4 Å². The van der Waals surface area contributed by atoms with Gasteiger partial charge in [0.2, 0.25) is 5.91 Å². The summed E-state index contributed by atoms with van der Waals surface area (Å²) in [6.45, 7) is 0.0521. The minimum absolute atomic E-state index is 0.0521. The molecule has 0 saturated heterocycles. The summed E-state index contributed by atoms with van der Waals surface area (Å²) in [4.78, 5) is 25.7. The van der Waals surface area contributed by atoms with Crippen LogP contribution in [0, 0.1) is 5.92 Å². The molecule has 1 aromatic heterocycles. The van der Waals surface area contributed by atoms with Crippen molar-refractivity contribution in [3.05, 3.63) is 46.7 Å². The van der Waals surface area contributed by atoms with Gasteiger partial charge >= 0.3 is 0 Å². The average Bonchev–Trinajstić information content (AvgIpc) is 3.32. The number of halogens is 1. The molecule has 1 aromatic carbocycles. The minimum Gasteiger partial charge on any atom is -0.347 e. The third kappa shape index (κ3) is 4.36. The summed E-state index contributed by atoms with van der Waals surface area (Å²) in [7, 11) is 3.33. The Labute approximate surface area is 150 Å². The predicted molar refractivity (Wildman–Crippen MR) is 93.1 cm³/mol. The van der Waals surface area contributed by atoms with Crippen molar-refractivity contribution < 1.29 is 9.59 Å². The SMILES string of the molecule is CN(C)C(=O)Cn1cc(C(=O)NC(c2ccc(Cl)cc2)C2CC2)nn1. The molecule has 0 spiro atoms. The maximum Gasteiger partial charge on any atom is 0.273 e. The molecule has 1 N–H and O–H groups in total. The van der Waals surface area contributed by atoms with E-state index in [4.69, 9.17) is 11.6 Å². The molecule has 1 atom stereocenters. The summed E-state index contributed by atoms with van der Waals surface area (Å²) in [6, 6.07) is 7.43. The first-order valence-electron chi connectivity index (χ1n) is 8.10. The summed E-state index contributed by atoms with van der Waals surface area (Å²) < 4.78 is 1.37. The molecule has 1 aliphatic carbocycles. The highest BCUT2D eigenvalue weighted by molar-refractivity contribution is 6.30. The van der Waals surface area contributed by atoms with Crippen LogP contribution in [0.5, 0.6) is 0 Å². The molecular formula is C17H20ClN5O2. The van der Waals surface area contributed by atoms with Gasteiger partial charge in [-0.3, -0.25) is 9.59 Å². The van der Waals surface area contributed by atoms with Gasteiger partial charge in [0.25, 0.3) is 5.91 Å². The van der Waals surface area contributed by atoms with Gasteiger partial charge in [0.1, 0.15) is 6.54 Å². The molecule has 7 nitrogen and oxygen atoms in total. The topological polar surface area (TPSA) is 80.1 Å². The first-order chi connectivity index (χ1) is 11.9. The van der Waals surface area contributed by atoms with Gasteiger partial charge in [-0.2, -0.15) is 0 Å². The summed E-state index contributed by atoms with van der Waals surface area (Å²) in [5.41, 5.74) is 1.22. The molecule has 3 rings (SSSR count). The maximum absolute atomic E-state index is 12.5. The van der Waals surface area contributed by atoms with E-state index in [1.807, 2.05) is 24.3 Å². The number of hydrogen-bond acceptors (Lipinski definition) is 4. The zero-order chi connectivity index (χ0) is 18.0. The van der Waals surface area contributed by atoms with Gasteiger partial charge in [-0.05, 0) is 36.5 Å². The van der Waals surface area contributed by atoms with Gasteiger partial charge in [-0.1, -0.05) is 28.9 Å². The van der Waals surface area contributed by atoms with Gasteiger partial charge < -0.3 is 10.2 Å². The van der Waals surface area contributed by atoms with E-state index in [1.54, 1.807) is 14.1 Å². The summed E-state index contributed by atoms with van der Waals surface area (Å²) in [6.07, 6.45) is 3.65. The van der Waals surface area contributed by atoms with Gasteiger partial charge in [0, 0.05) is 19.1 Å². The monoisotopic (exact) mass is 361 g/mol. The molecule has 2 aromatic rings. The molecule has 0 bridgehead atoms. The molecule has 8 heteroatoms. The maximum atomic E-state index is 12.5. The first-order valence-corrected chi connectivity index (χ1v) is 8.48. The summed E-state index contributed by atoms with van der Waals surface area (Å²) in [5.74, 6) is 0.0137. The molecule has 1 heterocycles. The van der Waals surface area contributed by atoms with Crippen molar-refractivity contribution in [2.75, 3.05) is 14.1 Å². The fraction of sp³-hybridized carbons (Fsp3) is 0.412. The Morgan fingerprint density at radius 2 is 2.00 bits per heavy atom. The number of carbonyl (C=O) groups is 2. The van der Waals surface area contributed by atoms with E-state index in [2.05, 4.69) is 15.6 Å². The highest BCUT2D eigenvalue weighted by Gasteiger charge is 2.34. The van der Waals surface area contributed by atoms with E-state index in [0.29, 0.717) is 10.9 Å². The summed E-state index contributed by atoms with van der Waals surface area (Å²) >= 11 is 5.94. The Morgan fingerprint density at radius 3 is 2.60 bits per heavy atom. The van der Waals surface area contributed by atoms with Gasteiger partial charge in [0.05, 0.1) is 12.2 Å². The number of likely N-dealkylation sites (N-methyl/N-ethyl adjacent to an activating group) is 1. The zero-order valence-electron chi connectivity index (χ0n) is 14.1. The molecule has 1 aliphatic rings. The smallest absolute Gasteiger partial charge is 0.273 e. The normalized spacial score (nSPS) is 14.8. The number of nitrogens with zero attached hydrogens (tertiary/aromatic N) is 4. The molecular weight excluding hydrogens is 342 g/mol. The highest BCUT2D eigenvalue weighted by Crippen LogP contribution is 2.41. The molecule has 1 unspecified atom stereocenters. The van der Waals surface area contributed by atoms with E-state index in [1.165, 1.54) is 15.8 Å². The number of carbonyl (C=O) groups excluding carboxylic acids is 2. The second-order valence-electron chi connectivity index (χ2n) is 6.43. The molecule has 25 heavy (non-hydrogen) atoms. The molecule has 2 amide bonds. The van der Waals surface area contributed by atoms with Crippen LogP contribution in [0.25, 0.3) is 0 Å². The van der Waals surface area contributed by atoms with Crippen LogP contribution in [0.2, 0.25) is 5.02 Å². The number of rotatable bonds is 6. The van der Waals surface area contributed by atoms with E-state index in [-0.39, 0.29) is 30.1 Å². The van der Waals surface area contributed by atoms with E-state index >= 15 is 0 Å². The van der Waals surface area contributed by atoms with E-state index in [9.17, 15) is 9.59 Å². The third-order valence-electron chi connectivity index (χ3n) is 4.18. The minimum atomic E-state index is -0.296. The molecule has 1 saturated carbocycles. The first kappa shape index (κ1) is 17.4. The van der Waals surface area contributed by atoms with Crippen LogP contribution in [-0.2, 0) is 11.3 Å². The van der Waals surface area contributed by atoms with Crippen molar-refractivity contribution in [3.63, 3.8) is 0 Å². The van der Waals surface area contributed by atoms with Crippen LogP contribution in [0.3, 0.4) is 0 Å². The highest BCUT2D eigenvalue weighted by atomic mass is 35.5. The lowest BCUT2D eigenvalue weighted by molar-refractivity contribution is -0.129. The Hall–Kier alpha value is -2.41. The lowest BCUT2D eigenvalue weighted by atomic mass is 10.0.